The molecule has 2 aliphatic rings. The molecular formula is C30H43N5O2. The van der Waals surface area contributed by atoms with Crippen molar-refractivity contribution in [2.45, 2.75) is 58.3 Å². The van der Waals surface area contributed by atoms with Crippen molar-refractivity contribution in [3.63, 3.8) is 0 Å². The summed E-state index contributed by atoms with van der Waals surface area (Å²) in [6.45, 7) is 12.3. The zero-order valence-electron chi connectivity index (χ0n) is 22.6. The molecule has 0 radical (unpaired) electrons. The Morgan fingerprint density at radius 2 is 1.86 bits per heavy atom. The highest BCUT2D eigenvalue weighted by Crippen LogP contribution is 2.27. The molecule has 1 saturated carbocycles. The number of amides is 1. The van der Waals surface area contributed by atoms with Crippen molar-refractivity contribution in [2.75, 3.05) is 26.2 Å². The van der Waals surface area contributed by atoms with Crippen molar-refractivity contribution in [2.24, 2.45) is 18.7 Å². The molecule has 5 rings (SSSR count). The molecule has 200 valence electrons. The smallest absolute Gasteiger partial charge is 0.249 e. The van der Waals surface area contributed by atoms with Crippen LogP contribution in [0.15, 0.2) is 49.7 Å². The van der Waals surface area contributed by atoms with E-state index in [9.17, 15) is 4.79 Å². The lowest BCUT2D eigenvalue weighted by Crippen LogP contribution is -2.29. The van der Waals surface area contributed by atoms with Crippen molar-refractivity contribution < 1.29 is 9.53 Å². The van der Waals surface area contributed by atoms with E-state index in [-0.39, 0.29) is 0 Å². The van der Waals surface area contributed by atoms with Crippen LogP contribution >= 0.6 is 0 Å². The third-order valence-corrected chi connectivity index (χ3v) is 7.21. The summed E-state index contributed by atoms with van der Waals surface area (Å²) in [6.07, 6.45) is 12.7. The Kier molecular flexibility index (Phi) is 11.1. The second-order valence-corrected chi connectivity index (χ2v) is 9.73. The predicted octanol–water partition coefficient (Wildman–Crippen LogP) is 5.33. The number of primary amides is 1. The van der Waals surface area contributed by atoms with Crippen LogP contribution in [0, 0.1) is 5.92 Å². The number of carbonyl (C=O) groups excluding carboxylic acids is 1. The molecule has 3 aromatic rings. The van der Waals surface area contributed by atoms with Gasteiger partial charge in [-0.15, -0.1) is 13.2 Å². The minimum Gasteiger partial charge on any atom is -0.478 e. The first-order valence-electron chi connectivity index (χ1n) is 13.6. The molecule has 37 heavy (non-hydrogen) atoms. The molecule has 2 aromatic heterocycles. The van der Waals surface area contributed by atoms with E-state index >= 15 is 0 Å². The van der Waals surface area contributed by atoms with Gasteiger partial charge in [0.2, 0.25) is 11.8 Å². The van der Waals surface area contributed by atoms with E-state index in [4.69, 9.17) is 15.5 Å². The fourth-order valence-corrected chi connectivity index (χ4v) is 5.28. The number of aryl methyl sites for hydroxylation is 1. The second kappa shape index (κ2) is 14.5. The summed E-state index contributed by atoms with van der Waals surface area (Å²) in [7, 11) is 1.81. The zero-order chi connectivity index (χ0) is 26.6. The number of hydrogen-bond acceptors (Lipinski definition) is 5. The fraction of sp³-hybridized carbons (Fsp3) is 0.500. The third-order valence-electron chi connectivity index (χ3n) is 7.21. The highest BCUT2D eigenvalue weighted by Gasteiger charge is 2.18. The molecular weight excluding hydrogens is 462 g/mol. The van der Waals surface area contributed by atoms with Crippen LogP contribution in [-0.2, 0) is 19.9 Å². The van der Waals surface area contributed by atoms with Crippen LogP contribution in [-0.4, -0.2) is 51.8 Å². The molecule has 2 N–H and O–H groups in total. The number of carbonyl (C=O) groups is 1. The van der Waals surface area contributed by atoms with Crippen LogP contribution in [0.2, 0.25) is 0 Å². The minimum absolute atomic E-state index is 0.418. The molecule has 7 nitrogen and oxygen atoms in total. The summed E-state index contributed by atoms with van der Waals surface area (Å²) in [5, 5.41) is 4.97. The van der Waals surface area contributed by atoms with Gasteiger partial charge in [-0.2, -0.15) is 5.10 Å². The SMILES string of the molecule is C=C.CCOc1ccc2c(n1)CCN(CCC1CCCCC1)CC2.Cn1cc2c(C(N)=O)cccc2n1. The van der Waals surface area contributed by atoms with E-state index in [1.54, 1.807) is 23.0 Å². The van der Waals surface area contributed by atoms with Gasteiger partial charge in [0.15, 0.2) is 0 Å². The van der Waals surface area contributed by atoms with Crippen LogP contribution in [0.25, 0.3) is 10.9 Å². The van der Waals surface area contributed by atoms with Gasteiger partial charge in [-0.05, 0) is 49.9 Å². The maximum Gasteiger partial charge on any atom is 0.249 e. The molecule has 1 aliphatic heterocycles. The molecule has 1 aliphatic carbocycles. The average molecular weight is 506 g/mol. The summed E-state index contributed by atoms with van der Waals surface area (Å²) in [6, 6.07) is 9.57. The van der Waals surface area contributed by atoms with Crippen molar-refractivity contribution in [1.82, 2.24) is 19.7 Å². The van der Waals surface area contributed by atoms with E-state index in [1.165, 1.54) is 62.9 Å². The van der Waals surface area contributed by atoms with Crippen LogP contribution in [0.1, 0.15) is 67.1 Å². The lowest BCUT2D eigenvalue weighted by Gasteiger charge is -2.26. The van der Waals surface area contributed by atoms with Gasteiger partial charge in [-0.3, -0.25) is 9.48 Å². The fourth-order valence-electron chi connectivity index (χ4n) is 5.28. The van der Waals surface area contributed by atoms with Crippen LogP contribution in [0.4, 0.5) is 0 Å². The molecule has 0 bridgehead atoms. The lowest BCUT2D eigenvalue weighted by molar-refractivity contribution is 0.100. The normalized spacial score (nSPS) is 15.9. The minimum atomic E-state index is -0.418. The van der Waals surface area contributed by atoms with Gasteiger partial charge in [-0.1, -0.05) is 44.2 Å². The Balaban J connectivity index is 0.000000216. The van der Waals surface area contributed by atoms with E-state index in [0.717, 1.165) is 42.1 Å². The summed E-state index contributed by atoms with van der Waals surface area (Å²) in [5.74, 6) is 1.36. The standard InChI is InChI=1S/C19H30N2O.C9H9N3O.C2H4/c1-2-22-19-9-8-17-11-14-21(15-12-18(17)20-19)13-10-16-6-4-3-5-7-16;1-12-5-7-6(9(10)13)3-2-4-8(7)11-12;1-2/h8-9,16H,2-7,10-15H2,1H3;2-5H,1H3,(H2,10,13);1-2H2. The molecule has 0 unspecified atom stereocenters. The first-order chi connectivity index (χ1) is 18.0. The molecule has 1 amide bonds. The van der Waals surface area contributed by atoms with Crippen LogP contribution in [0.5, 0.6) is 5.88 Å². The summed E-state index contributed by atoms with van der Waals surface area (Å²) >= 11 is 0. The maximum atomic E-state index is 11.0. The Bertz CT molecular complexity index is 1140. The van der Waals surface area contributed by atoms with Crippen molar-refractivity contribution in [3.8, 4) is 5.88 Å². The van der Waals surface area contributed by atoms with Crippen molar-refractivity contribution in [3.05, 3.63) is 66.5 Å². The Morgan fingerprint density at radius 3 is 2.59 bits per heavy atom. The molecule has 1 aromatic carbocycles. The summed E-state index contributed by atoms with van der Waals surface area (Å²) in [5.41, 5.74) is 9.20. The van der Waals surface area contributed by atoms with Crippen LogP contribution in [0.3, 0.4) is 0 Å². The third kappa shape index (κ3) is 8.15. The summed E-state index contributed by atoms with van der Waals surface area (Å²) in [4.78, 5) is 18.4. The van der Waals surface area contributed by atoms with Crippen molar-refractivity contribution in [1.29, 1.82) is 0 Å². The number of hydrogen-bond donors (Lipinski definition) is 1. The molecule has 0 spiro atoms. The van der Waals surface area contributed by atoms with E-state index in [2.05, 4.69) is 29.2 Å². The quantitative estimate of drug-likeness (QED) is 0.458. The molecule has 3 heterocycles. The molecule has 1 fully saturated rings. The first-order valence-corrected chi connectivity index (χ1v) is 13.6. The lowest BCUT2D eigenvalue weighted by atomic mass is 9.87. The number of ether oxygens (including phenoxy) is 1. The largest absolute Gasteiger partial charge is 0.478 e. The highest BCUT2D eigenvalue weighted by atomic mass is 16.5. The molecule has 7 heteroatoms. The Morgan fingerprint density at radius 1 is 1.11 bits per heavy atom. The number of nitrogens with zero attached hydrogens (tertiary/aromatic N) is 4. The topological polar surface area (TPSA) is 86.3 Å². The number of rotatable bonds is 6. The predicted molar refractivity (Wildman–Crippen MR) is 151 cm³/mol. The maximum absolute atomic E-state index is 11.0. The number of pyridine rings is 1. The highest BCUT2D eigenvalue weighted by molar-refractivity contribution is 6.05. The average Bonchev–Trinajstić information content (AvgIpc) is 3.19. The van der Waals surface area contributed by atoms with Gasteiger partial charge < -0.3 is 15.4 Å². The molecule has 0 atom stereocenters. The summed E-state index contributed by atoms with van der Waals surface area (Å²) < 4.78 is 7.21. The number of aromatic nitrogens is 3. The van der Waals surface area contributed by atoms with Gasteiger partial charge in [0.25, 0.3) is 0 Å². The Hall–Kier alpha value is -3.19. The van der Waals surface area contributed by atoms with Gasteiger partial charge in [0, 0.05) is 49.9 Å². The van der Waals surface area contributed by atoms with Gasteiger partial charge >= 0.3 is 0 Å². The first kappa shape index (κ1) is 28.4. The second-order valence-electron chi connectivity index (χ2n) is 9.73. The van der Waals surface area contributed by atoms with Crippen molar-refractivity contribution >= 4 is 16.8 Å². The molecule has 0 saturated heterocycles. The number of nitrogens with two attached hydrogens (primary N) is 1. The van der Waals surface area contributed by atoms with E-state index in [0.29, 0.717) is 12.2 Å². The number of fused-ring (bicyclic) bond motifs is 2. The van der Waals surface area contributed by atoms with Gasteiger partial charge in [0.05, 0.1) is 17.7 Å². The number of benzene rings is 1. The van der Waals surface area contributed by atoms with Crippen LogP contribution < -0.4 is 10.5 Å². The monoisotopic (exact) mass is 505 g/mol. The van der Waals surface area contributed by atoms with Gasteiger partial charge in [-0.25, -0.2) is 4.98 Å². The van der Waals surface area contributed by atoms with E-state index < -0.39 is 5.91 Å². The van der Waals surface area contributed by atoms with Gasteiger partial charge in [0.1, 0.15) is 0 Å². The Labute approximate surface area is 221 Å². The van der Waals surface area contributed by atoms with E-state index in [1.807, 2.05) is 26.1 Å². The zero-order valence-corrected chi connectivity index (χ0v) is 22.6.